The molecule has 7 nitrogen and oxygen atoms in total. The molecule has 2 aromatic rings. The number of hydrogen-bond acceptors (Lipinski definition) is 5. The summed E-state index contributed by atoms with van der Waals surface area (Å²) in [5.41, 5.74) is 0.841. The Morgan fingerprint density at radius 2 is 1.83 bits per heavy atom. The van der Waals surface area contributed by atoms with Gasteiger partial charge in [-0.25, -0.2) is 18.9 Å². The maximum atomic E-state index is 13.7. The van der Waals surface area contributed by atoms with Crippen molar-refractivity contribution in [1.82, 2.24) is 4.98 Å². The number of halogens is 1. The van der Waals surface area contributed by atoms with Crippen LogP contribution in [0.1, 0.15) is 25.7 Å². The highest BCUT2D eigenvalue weighted by Gasteiger charge is 2.26. The fourth-order valence-electron chi connectivity index (χ4n) is 3.73. The van der Waals surface area contributed by atoms with E-state index in [9.17, 15) is 14.0 Å². The summed E-state index contributed by atoms with van der Waals surface area (Å²) in [7, 11) is 0. The third-order valence-electron chi connectivity index (χ3n) is 5.06. The van der Waals surface area contributed by atoms with E-state index >= 15 is 0 Å². The lowest BCUT2D eigenvalue weighted by atomic mass is 9.82. The van der Waals surface area contributed by atoms with Crippen molar-refractivity contribution in [1.29, 1.82) is 0 Å². The molecule has 2 atom stereocenters. The van der Waals surface area contributed by atoms with Crippen LogP contribution in [0.5, 0.6) is 0 Å². The molecule has 3 rings (SSSR count). The number of aliphatic carboxylic acids is 1. The molecule has 8 heteroatoms. The van der Waals surface area contributed by atoms with E-state index in [1.54, 1.807) is 24.3 Å². The highest BCUT2D eigenvalue weighted by atomic mass is 19.1. The summed E-state index contributed by atoms with van der Waals surface area (Å²) in [5.74, 6) is -1.11. The van der Waals surface area contributed by atoms with Crippen LogP contribution >= 0.6 is 0 Å². The molecule has 160 valence electrons. The lowest BCUT2D eigenvalue weighted by molar-refractivity contribution is -0.142. The highest BCUT2D eigenvalue weighted by Crippen LogP contribution is 2.31. The van der Waals surface area contributed by atoms with Gasteiger partial charge in [0.15, 0.2) is 0 Å². The molecule has 1 saturated carbocycles. The monoisotopic (exact) mass is 416 g/mol. The van der Waals surface area contributed by atoms with Crippen molar-refractivity contribution in [2.75, 3.05) is 24.7 Å². The molecule has 1 fully saturated rings. The van der Waals surface area contributed by atoms with Crippen LogP contribution in [-0.2, 0) is 14.3 Å². The minimum absolute atomic E-state index is 0.171. The summed E-state index contributed by atoms with van der Waals surface area (Å²) in [6.45, 7) is 0.325. The first-order valence-electron chi connectivity index (χ1n) is 9.95. The van der Waals surface area contributed by atoms with E-state index in [2.05, 4.69) is 4.98 Å². The molecule has 2 unspecified atom stereocenters. The van der Waals surface area contributed by atoms with Gasteiger partial charge in [0.2, 0.25) is 0 Å². The van der Waals surface area contributed by atoms with Crippen molar-refractivity contribution in [3.63, 3.8) is 0 Å². The molecule has 1 amide bonds. The molecule has 0 spiro atoms. The fraction of sp³-hybridized carbons (Fsp3) is 0.409. The second kappa shape index (κ2) is 10.7. The minimum atomic E-state index is -0.982. The first-order chi connectivity index (χ1) is 14.5. The summed E-state index contributed by atoms with van der Waals surface area (Å²) in [6.07, 6.45) is 5.56. The lowest BCUT2D eigenvalue weighted by Crippen LogP contribution is -2.30. The zero-order chi connectivity index (χ0) is 21.3. The van der Waals surface area contributed by atoms with Crippen molar-refractivity contribution in [2.45, 2.75) is 25.7 Å². The van der Waals surface area contributed by atoms with Gasteiger partial charge in [0.25, 0.3) is 0 Å². The second-order valence-electron chi connectivity index (χ2n) is 7.42. The summed E-state index contributed by atoms with van der Waals surface area (Å²) in [5, 5.41) is 8.68. The number of nitrogens with zero attached hydrogens (tertiary/aromatic N) is 2. The largest absolute Gasteiger partial charge is 0.480 e. The molecule has 1 N–H and O–H groups in total. The Bertz CT molecular complexity index is 848. The third kappa shape index (κ3) is 6.25. The number of carbonyl (C=O) groups is 2. The van der Waals surface area contributed by atoms with Gasteiger partial charge in [-0.05, 0) is 43.2 Å². The van der Waals surface area contributed by atoms with E-state index in [0.717, 1.165) is 31.9 Å². The first-order valence-corrected chi connectivity index (χ1v) is 9.95. The van der Waals surface area contributed by atoms with Crippen molar-refractivity contribution in [3.05, 3.63) is 54.6 Å². The van der Waals surface area contributed by atoms with Gasteiger partial charge in [0.1, 0.15) is 12.4 Å². The molecule has 30 heavy (non-hydrogen) atoms. The molecule has 1 aliphatic carbocycles. The van der Waals surface area contributed by atoms with Crippen LogP contribution in [-0.4, -0.2) is 42.0 Å². The van der Waals surface area contributed by atoms with Crippen LogP contribution in [0.15, 0.2) is 48.8 Å². The molecule has 1 aliphatic rings. The molecule has 1 aromatic carbocycles. The molecule has 1 heterocycles. The van der Waals surface area contributed by atoms with Crippen molar-refractivity contribution < 1.29 is 28.6 Å². The highest BCUT2D eigenvalue weighted by molar-refractivity contribution is 5.95. The Labute approximate surface area is 174 Å². The number of amides is 1. The average molecular weight is 416 g/mol. The lowest BCUT2D eigenvalue weighted by Gasteiger charge is -2.29. The Kier molecular flexibility index (Phi) is 7.73. The Balaban J connectivity index is 1.61. The number of carbonyl (C=O) groups excluding carboxylic acids is 1. The molecule has 0 saturated heterocycles. The van der Waals surface area contributed by atoms with Crippen molar-refractivity contribution in [3.8, 4) is 0 Å². The molecule has 0 bridgehead atoms. The number of pyridine rings is 1. The van der Waals surface area contributed by atoms with Crippen LogP contribution in [0.4, 0.5) is 20.6 Å². The number of ether oxygens (including phenoxy) is 2. The van der Waals surface area contributed by atoms with E-state index in [-0.39, 0.29) is 30.7 Å². The van der Waals surface area contributed by atoms with Crippen LogP contribution < -0.4 is 4.90 Å². The summed E-state index contributed by atoms with van der Waals surface area (Å²) in [6, 6.07) is 10.1. The van der Waals surface area contributed by atoms with Crippen molar-refractivity contribution in [2.24, 2.45) is 11.8 Å². The normalized spacial score (nSPS) is 18.6. The van der Waals surface area contributed by atoms with E-state index < -0.39 is 17.9 Å². The average Bonchev–Trinajstić information content (AvgIpc) is 2.73. The number of benzene rings is 1. The third-order valence-corrected chi connectivity index (χ3v) is 5.06. The van der Waals surface area contributed by atoms with E-state index in [0.29, 0.717) is 12.3 Å². The number of para-hydroxylation sites is 1. The summed E-state index contributed by atoms with van der Waals surface area (Å²) in [4.78, 5) is 28.6. The van der Waals surface area contributed by atoms with Crippen LogP contribution in [0, 0.1) is 17.7 Å². The maximum absolute atomic E-state index is 13.7. The Morgan fingerprint density at radius 3 is 2.53 bits per heavy atom. The quantitative estimate of drug-likeness (QED) is 0.686. The molecular weight excluding hydrogens is 391 g/mol. The number of carboxylic acids is 1. The van der Waals surface area contributed by atoms with E-state index in [4.69, 9.17) is 14.6 Å². The van der Waals surface area contributed by atoms with Gasteiger partial charge < -0.3 is 14.6 Å². The first kappa shape index (κ1) is 21.7. The van der Waals surface area contributed by atoms with Gasteiger partial charge in [-0.1, -0.05) is 24.6 Å². The predicted octanol–water partition coefficient (Wildman–Crippen LogP) is 4.40. The van der Waals surface area contributed by atoms with Crippen molar-refractivity contribution >= 4 is 23.4 Å². The van der Waals surface area contributed by atoms with Gasteiger partial charge in [-0.2, -0.15) is 0 Å². The SMILES string of the molecule is O=C(O)COCC1CCCC(COC(=O)N(c2ccccc2)c2cncc(F)c2)C1. The predicted molar refractivity (Wildman–Crippen MR) is 108 cm³/mol. The van der Waals surface area contributed by atoms with Crippen LogP contribution in [0.25, 0.3) is 0 Å². The number of anilines is 2. The summed E-state index contributed by atoms with van der Waals surface area (Å²) < 4.78 is 24.5. The standard InChI is InChI=1S/C22H25FN2O5/c23-18-10-20(12-24-11-18)25(19-7-2-1-3-8-19)22(28)30-14-17-6-4-5-16(9-17)13-29-15-21(26)27/h1-3,7-8,10-12,16-17H,4-6,9,13-15H2,(H,26,27). The number of hydrogen-bond donors (Lipinski definition) is 1. The van der Waals surface area contributed by atoms with Gasteiger partial charge in [0.05, 0.1) is 37.0 Å². The number of aromatic nitrogens is 1. The topological polar surface area (TPSA) is 89.0 Å². The van der Waals surface area contributed by atoms with Crippen LogP contribution in [0.3, 0.4) is 0 Å². The molecular formula is C22H25FN2O5. The zero-order valence-corrected chi connectivity index (χ0v) is 16.6. The van der Waals surface area contributed by atoms with Gasteiger partial charge in [-0.15, -0.1) is 0 Å². The summed E-state index contributed by atoms with van der Waals surface area (Å²) >= 11 is 0. The second-order valence-corrected chi connectivity index (χ2v) is 7.42. The van der Waals surface area contributed by atoms with Gasteiger partial charge in [-0.3, -0.25) is 4.98 Å². The Hall–Kier alpha value is -3.00. The number of rotatable bonds is 8. The van der Waals surface area contributed by atoms with Gasteiger partial charge >= 0.3 is 12.1 Å². The zero-order valence-electron chi connectivity index (χ0n) is 16.6. The van der Waals surface area contributed by atoms with Crippen LogP contribution in [0.2, 0.25) is 0 Å². The fourth-order valence-corrected chi connectivity index (χ4v) is 3.73. The number of carboxylic acid groups (broad SMARTS) is 1. The molecule has 1 aromatic heterocycles. The maximum Gasteiger partial charge on any atom is 0.419 e. The molecule has 0 radical (unpaired) electrons. The smallest absolute Gasteiger partial charge is 0.419 e. The van der Waals surface area contributed by atoms with Gasteiger partial charge in [0, 0.05) is 6.07 Å². The van der Waals surface area contributed by atoms with E-state index in [1.807, 2.05) is 6.07 Å². The Morgan fingerprint density at radius 1 is 1.10 bits per heavy atom. The molecule has 0 aliphatic heterocycles. The van der Waals surface area contributed by atoms with E-state index in [1.165, 1.54) is 17.2 Å². The minimum Gasteiger partial charge on any atom is -0.480 e.